The second kappa shape index (κ2) is 6.83. The summed E-state index contributed by atoms with van der Waals surface area (Å²) in [6, 6.07) is 13.4. The molecular weight excluding hydrogens is 345 g/mol. The summed E-state index contributed by atoms with van der Waals surface area (Å²) in [4.78, 5) is 17.9. The standard InChI is InChI=1S/C18H17Cl2N3O/c1-12(24)22(2)11-18-21-16-5-3-4-6-17(16)23(18)10-13-7-8-14(19)9-15(13)20/h3-9H,10-11H2,1-2H3. The van der Waals surface area contributed by atoms with Crippen LogP contribution in [-0.4, -0.2) is 27.4 Å². The molecule has 3 aromatic rings. The monoisotopic (exact) mass is 361 g/mol. The minimum Gasteiger partial charge on any atom is -0.339 e. The summed E-state index contributed by atoms with van der Waals surface area (Å²) in [5.74, 6) is 0.818. The third-order valence-corrected chi connectivity index (χ3v) is 4.58. The molecule has 0 spiro atoms. The van der Waals surface area contributed by atoms with Gasteiger partial charge in [-0.05, 0) is 29.8 Å². The van der Waals surface area contributed by atoms with Crippen molar-refractivity contribution in [3.63, 3.8) is 0 Å². The van der Waals surface area contributed by atoms with Gasteiger partial charge in [-0.3, -0.25) is 4.79 Å². The lowest BCUT2D eigenvalue weighted by molar-refractivity contribution is -0.128. The summed E-state index contributed by atoms with van der Waals surface area (Å²) in [6.45, 7) is 2.55. The molecule has 0 atom stereocenters. The van der Waals surface area contributed by atoms with Crippen molar-refractivity contribution in [3.05, 3.63) is 63.9 Å². The molecule has 0 saturated carbocycles. The predicted octanol–water partition coefficient (Wildman–Crippen LogP) is 4.37. The molecule has 6 heteroatoms. The first-order chi connectivity index (χ1) is 11.5. The molecule has 0 aliphatic carbocycles. The molecule has 0 saturated heterocycles. The highest BCUT2D eigenvalue weighted by molar-refractivity contribution is 6.35. The van der Waals surface area contributed by atoms with Gasteiger partial charge in [0.1, 0.15) is 5.82 Å². The molecule has 0 aliphatic heterocycles. The molecule has 0 radical (unpaired) electrons. The first-order valence-electron chi connectivity index (χ1n) is 7.55. The largest absolute Gasteiger partial charge is 0.339 e. The fourth-order valence-electron chi connectivity index (χ4n) is 2.57. The molecular formula is C18H17Cl2N3O. The van der Waals surface area contributed by atoms with Gasteiger partial charge in [-0.15, -0.1) is 0 Å². The van der Waals surface area contributed by atoms with Crippen LogP contribution in [-0.2, 0) is 17.9 Å². The summed E-state index contributed by atoms with van der Waals surface area (Å²) < 4.78 is 2.09. The average molecular weight is 362 g/mol. The number of rotatable bonds is 4. The lowest BCUT2D eigenvalue weighted by Crippen LogP contribution is -2.25. The first-order valence-corrected chi connectivity index (χ1v) is 8.31. The van der Waals surface area contributed by atoms with E-state index in [0.717, 1.165) is 22.4 Å². The number of fused-ring (bicyclic) bond motifs is 1. The van der Waals surface area contributed by atoms with Crippen LogP contribution in [0.25, 0.3) is 11.0 Å². The fourth-order valence-corrected chi connectivity index (χ4v) is 3.03. The van der Waals surface area contributed by atoms with Gasteiger partial charge in [0.25, 0.3) is 0 Å². The third-order valence-electron chi connectivity index (χ3n) is 3.99. The number of amides is 1. The molecule has 0 N–H and O–H groups in total. The van der Waals surface area contributed by atoms with Crippen molar-refractivity contribution in [1.82, 2.24) is 14.5 Å². The minimum atomic E-state index is -0.00173. The molecule has 0 bridgehead atoms. The van der Waals surface area contributed by atoms with Crippen molar-refractivity contribution in [2.75, 3.05) is 7.05 Å². The van der Waals surface area contributed by atoms with Crippen LogP contribution in [0, 0.1) is 0 Å². The van der Waals surface area contributed by atoms with E-state index in [-0.39, 0.29) is 5.91 Å². The van der Waals surface area contributed by atoms with Crippen molar-refractivity contribution in [3.8, 4) is 0 Å². The highest BCUT2D eigenvalue weighted by Gasteiger charge is 2.15. The van der Waals surface area contributed by atoms with Gasteiger partial charge in [0.2, 0.25) is 5.91 Å². The van der Waals surface area contributed by atoms with Gasteiger partial charge < -0.3 is 9.47 Å². The number of imidazole rings is 1. The van der Waals surface area contributed by atoms with Gasteiger partial charge in [0, 0.05) is 24.0 Å². The van der Waals surface area contributed by atoms with E-state index in [9.17, 15) is 4.79 Å². The van der Waals surface area contributed by atoms with E-state index in [1.807, 2.05) is 36.4 Å². The number of para-hydroxylation sites is 2. The summed E-state index contributed by atoms with van der Waals surface area (Å²) in [5.41, 5.74) is 2.86. The fraction of sp³-hybridized carbons (Fsp3) is 0.222. The average Bonchev–Trinajstić information content (AvgIpc) is 2.87. The number of carbonyl (C=O) groups excluding carboxylic acids is 1. The zero-order valence-electron chi connectivity index (χ0n) is 13.5. The third kappa shape index (κ3) is 3.40. The van der Waals surface area contributed by atoms with Crippen LogP contribution < -0.4 is 0 Å². The molecule has 124 valence electrons. The van der Waals surface area contributed by atoms with E-state index in [1.165, 1.54) is 0 Å². The molecule has 0 fully saturated rings. The van der Waals surface area contributed by atoms with E-state index >= 15 is 0 Å². The Bertz CT molecular complexity index is 904. The summed E-state index contributed by atoms with van der Waals surface area (Å²) in [5, 5.41) is 1.22. The van der Waals surface area contributed by atoms with E-state index in [1.54, 1.807) is 24.9 Å². The number of aromatic nitrogens is 2. The number of hydrogen-bond acceptors (Lipinski definition) is 2. The Morgan fingerprint density at radius 3 is 2.67 bits per heavy atom. The number of carbonyl (C=O) groups is 1. The Hall–Kier alpha value is -2.04. The minimum absolute atomic E-state index is 0.00173. The maximum atomic E-state index is 11.6. The molecule has 0 aliphatic rings. The van der Waals surface area contributed by atoms with Crippen LogP contribution in [0.3, 0.4) is 0 Å². The molecule has 0 unspecified atom stereocenters. The van der Waals surface area contributed by atoms with Gasteiger partial charge in [0.15, 0.2) is 0 Å². The van der Waals surface area contributed by atoms with Crippen LogP contribution in [0.1, 0.15) is 18.3 Å². The summed E-state index contributed by atoms with van der Waals surface area (Å²) in [7, 11) is 1.77. The van der Waals surface area contributed by atoms with E-state index in [2.05, 4.69) is 9.55 Å². The lowest BCUT2D eigenvalue weighted by Gasteiger charge is -2.16. The van der Waals surface area contributed by atoms with E-state index < -0.39 is 0 Å². The Balaban J connectivity index is 2.05. The Kier molecular flexibility index (Phi) is 4.78. The summed E-state index contributed by atoms with van der Waals surface area (Å²) >= 11 is 12.3. The predicted molar refractivity (Wildman–Crippen MR) is 97.4 cm³/mol. The van der Waals surface area contributed by atoms with Crippen LogP contribution in [0.2, 0.25) is 10.0 Å². The SMILES string of the molecule is CC(=O)N(C)Cc1nc2ccccc2n1Cc1ccc(Cl)cc1Cl. The maximum Gasteiger partial charge on any atom is 0.219 e. The maximum absolute atomic E-state index is 11.6. The zero-order chi connectivity index (χ0) is 17.3. The van der Waals surface area contributed by atoms with Gasteiger partial charge in [-0.1, -0.05) is 41.4 Å². The second-order valence-electron chi connectivity index (χ2n) is 5.71. The highest BCUT2D eigenvalue weighted by atomic mass is 35.5. The molecule has 1 amide bonds. The van der Waals surface area contributed by atoms with Crippen molar-refractivity contribution < 1.29 is 4.79 Å². The van der Waals surface area contributed by atoms with Gasteiger partial charge in [0.05, 0.1) is 24.1 Å². The number of hydrogen-bond donors (Lipinski definition) is 0. The van der Waals surface area contributed by atoms with Gasteiger partial charge in [-0.2, -0.15) is 0 Å². The molecule has 1 heterocycles. The van der Waals surface area contributed by atoms with Crippen LogP contribution in [0.4, 0.5) is 0 Å². The van der Waals surface area contributed by atoms with Crippen LogP contribution >= 0.6 is 23.2 Å². The Labute approximate surface area is 150 Å². The van der Waals surface area contributed by atoms with Crippen molar-refractivity contribution in [2.24, 2.45) is 0 Å². The molecule has 4 nitrogen and oxygen atoms in total. The normalized spacial score (nSPS) is 11.0. The smallest absolute Gasteiger partial charge is 0.219 e. The molecule has 1 aromatic heterocycles. The Morgan fingerprint density at radius 2 is 1.96 bits per heavy atom. The number of halogens is 2. The number of benzene rings is 2. The highest BCUT2D eigenvalue weighted by Crippen LogP contribution is 2.25. The topological polar surface area (TPSA) is 38.1 Å². The zero-order valence-corrected chi connectivity index (χ0v) is 15.0. The van der Waals surface area contributed by atoms with Crippen LogP contribution in [0.5, 0.6) is 0 Å². The second-order valence-corrected chi connectivity index (χ2v) is 6.56. The van der Waals surface area contributed by atoms with Crippen LogP contribution in [0.15, 0.2) is 42.5 Å². The Morgan fingerprint density at radius 1 is 1.21 bits per heavy atom. The van der Waals surface area contributed by atoms with Crippen molar-refractivity contribution in [2.45, 2.75) is 20.0 Å². The van der Waals surface area contributed by atoms with Crippen molar-refractivity contribution in [1.29, 1.82) is 0 Å². The number of nitrogens with zero attached hydrogens (tertiary/aromatic N) is 3. The lowest BCUT2D eigenvalue weighted by atomic mass is 10.2. The quantitative estimate of drug-likeness (QED) is 0.691. The molecule has 3 rings (SSSR count). The van der Waals surface area contributed by atoms with Gasteiger partial charge in [-0.25, -0.2) is 4.98 Å². The van der Waals surface area contributed by atoms with Crippen molar-refractivity contribution >= 4 is 40.1 Å². The summed E-state index contributed by atoms with van der Waals surface area (Å²) in [6.07, 6.45) is 0. The van der Waals surface area contributed by atoms with Gasteiger partial charge >= 0.3 is 0 Å². The molecule has 2 aromatic carbocycles. The molecule has 24 heavy (non-hydrogen) atoms. The first kappa shape index (κ1) is 16.8. The van der Waals surface area contributed by atoms with E-state index in [0.29, 0.717) is 23.1 Å². The van der Waals surface area contributed by atoms with E-state index in [4.69, 9.17) is 23.2 Å².